The van der Waals surface area contributed by atoms with Gasteiger partial charge in [-0.15, -0.1) is 0 Å². The highest BCUT2D eigenvalue weighted by atomic mass is 19.4. The van der Waals surface area contributed by atoms with Crippen LogP contribution in [0.15, 0.2) is 97.1 Å². The first-order valence-corrected chi connectivity index (χ1v) is 11.5. The Morgan fingerprint density at radius 1 is 0.436 bits per heavy atom. The predicted molar refractivity (Wildman–Crippen MR) is 133 cm³/mol. The lowest BCUT2D eigenvalue weighted by Crippen LogP contribution is -2.54. The molecule has 0 amide bonds. The van der Waals surface area contributed by atoms with Crippen molar-refractivity contribution in [1.82, 2.24) is 0 Å². The summed E-state index contributed by atoms with van der Waals surface area (Å²) in [6, 6.07) is 19.7. The molecule has 0 spiro atoms. The van der Waals surface area contributed by atoms with E-state index in [0.29, 0.717) is 24.3 Å². The van der Waals surface area contributed by atoms with Crippen molar-refractivity contribution in [3.8, 4) is 23.0 Å². The van der Waals surface area contributed by atoms with Crippen molar-refractivity contribution in [3.63, 3.8) is 0 Å². The molecular weight excluding hydrogens is 526 g/mol. The summed E-state index contributed by atoms with van der Waals surface area (Å²) in [5.41, 5.74) is -4.16. The van der Waals surface area contributed by atoms with Gasteiger partial charge in [-0.25, -0.2) is 0 Å². The van der Waals surface area contributed by atoms with E-state index in [2.05, 4.69) is 6.92 Å². The standard InChI is InChI=1S/C15H10F6O2.C14H14O2/c16-14(17,18)13(15(19,20)21,9-1-5-11(22)6-2-9)10-3-7-12(23)8-4-10;1-10(11-2-6-13(15)7-3-11)12-4-8-14(16)9-5-12/h1-8,22-23H;2-10,15-16H,1H3. The molecule has 0 heterocycles. The molecule has 4 aromatic rings. The molecule has 4 N–H and O–H groups in total. The number of rotatable bonds is 4. The van der Waals surface area contributed by atoms with E-state index in [1.165, 1.54) is 0 Å². The van der Waals surface area contributed by atoms with Gasteiger partial charge in [-0.3, -0.25) is 0 Å². The molecule has 4 nitrogen and oxygen atoms in total. The van der Waals surface area contributed by atoms with Gasteiger partial charge in [0.15, 0.2) is 0 Å². The van der Waals surface area contributed by atoms with Gasteiger partial charge >= 0.3 is 12.4 Å². The number of halogens is 6. The maximum atomic E-state index is 13.6. The summed E-state index contributed by atoms with van der Waals surface area (Å²) in [6.07, 6.45) is -11.4. The Morgan fingerprint density at radius 2 is 0.667 bits per heavy atom. The van der Waals surface area contributed by atoms with E-state index in [-0.39, 0.29) is 17.4 Å². The van der Waals surface area contributed by atoms with Gasteiger partial charge in [0.05, 0.1) is 0 Å². The largest absolute Gasteiger partial charge is 0.508 e. The van der Waals surface area contributed by atoms with E-state index >= 15 is 0 Å². The van der Waals surface area contributed by atoms with Crippen LogP contribution in [0.2, 0.25) is 0 Å². The Balaban J connectivity index is 0.000000230. The minimum Gasteiger partial charge on any atom is -0.508 e. The average Bonchev–Trinajstić information content (AvgIpc) is 2.86. The molecule has 0 aliphatic carbocycles. The van der Waals surface area contributed by atoms with Crippen molar-refractivity contribution < 1.29 is 46.8 Å². The van der Waals surface area contributed by atoms with E-state index in [9.17, 15) is 36.6 Å². The van der Waals surface area contributed by atoms with Gasteiger partial charge in [0.25, 0.3) is 0 Å². The highest BCUT2D eigenvalue weighted by molar-refractivity contribution is 5.46. The lowest BCUT2D eigenvalue weighted by atomic mass is 9.73. The summed E-state index contributed by atoms with van der Waals surface area (Å²) >= 11 is 0. The maximum absolute atomic E-state index is 13.6. The lowest BCUT2D eigenvalue weighted by molar-refractivity contribution is -0.288. The number of aromatic hydroxyl groups is 4. The summed E-state index contributed by atoms with van der Waals surface area (Å²) in [6.45, 7) is 2.10. The molecule has 0 fully saturated rings. The van der Waals surface area contributed by atoms with Gasteiger partial charge in [0.2, 0.25) is 5.41 Å². The molecule has 0 saturated heterocycles. The van der Waals surface area contributed by atoms with Gasteiger partial charge in [-0.05, 0) is 70.8 Å². The molecule has 4 aromatic carbocycles. The van der Waals surface area contributed by atoms with Gasteiger partial charge in [-0.1, -0.05) is 55.5 Å². The van der Waals surface area contributed by atoms with E-state index in [1.54, 1.807) is 24.3 Å². The van der Waals surface area contributed by atoms with Crippen molar-refractivity contribution >= 4 is 0 Å². The van der Waals surface area contributed by atoms with Crippen LogP contribution in [0.3, 0.4) is 0 Å². The predicted octanol–water partition coefficient (Wildman–Crippen LogP) is 7.76. The van der Waals surface area contributed by atoms with Crippen LogP contribution in [0, 0.1) is 0 Å². The van der Waals surface area contributed by atoms with Crippen LogP contribution in [0.5, 0.6) is 23.0 Å². The minimum atomic E-state index is -5.70. The van der Waals surface area contributed by atoms with Gasteiger partial charge in [0.1, 0.15) is 23.0 Å². The van der Waals surface area contributed by atoms with E-state index in [1.807, 2.05) is 24.3 Å². The molecule has 0 aliphatic rings. The van der Waals surface area contributed by atoms with E-state index in [4.69, 9.17) is 10.2 Å². The van der Waals surface area contributed by atoms with Gasteiger partial charge in [0, 0.05) is 5.92 Å². The van der Waals surface area contributed by atoms with Crippen LogP contribution in [-0.4, -0.2) is 32.8 Å². The summed E-state index contributed by atoms with van der Waals surface area (Å²) in [7, 11) is 0. The Hall–Kier alpha value is -4.34. The fraction of sp³-hybridized carbons (Fsp3) is 0.172. The molecule has 0 aromatic heterocycles. The van der Waals surface area contributed by atoms with Crippen molar-refractivity contribution in [2.45, 2.75) is 30.6 Å². The lowest BCUT2D eigenvalue weighted by Gasteiger charge is -2.38. The second kappa shape index (κ2) is 11.2. The highest BCUT2D eigenvalue weighted by Gasteiger charge is 2.72. The summed E-state index contributed by atoms with van der Waals surface area (Å²) < 4.78 is 81.6. The number of phenols is 4. The minimum absolute atomic E-state index is 0.251. The zero-order chi connectivity index (χ0) is 29.0. The average molecular weight is 550 g/mol. The topological polar surface area (TPSA) is 80.9 Å². The second-order valence-electron chi connectivity index (χ2n) is 8.74. The van der Waals surface area contributed by atoms with Crippen molar-refractivity contribution in [1.29, 1.82) is 0 Å². The summed E-state index contributed by atoms with van der Waals surface area (Å²) in [4.78, 5) is 0. The Bertz CT molecular complexity index is 1240. The quantitative estimate of drug-likeness (QED) is 0.196. The zero-order valence-electron chi connectivity index (χ0n) is 20.4. The van der Waals surface area contributed by atoms with Crippen LogP contribution < -0.4 is 0 Å². The molecule has 39 heavy (non-hydrogen) atoms. The summed E-state index contributed by atoms with van der Waals surface area (Å²) in [5.74, 6) is -0.111. The Morgan fingerprint density at radius 3 is 0.897 bits per heavy atom. The van der Waals surface area contributed by atoms with Crippen LogP contribution in [0.1, 0.15) is 35.1 Å². The first-order chi connectivity index (χ1) is 18.2. The molecule has 0 radical (unpaired) electrons. The van der Waals surface area contributed by atoms with Crippen LogP contribution in [0.25, 0.3) is 0 Å². The number of benzene rings is 4. The third-order valence-corrected chi connectivity index (χ3v) is 6.24. The Labute approximate surface area is 220 Å². The maximum Gasteiger partial charge on any atom is 0.411 e. The highest BCUT2D eigenvalue weighted by Crippen LogP contribution is 2.56. The molecule has 0 unspecified atom stereocenters. The van der Waals surface area contributed by atoms with Crippen LogP contribution >= 0.6 is 0 Å². The molecule has 10 heteroatoms. The third kappa shape index (κ3) is 6.22. The normalized spacial score (nSPS) is 12.1. The number of hydrogen-bond acceptors (Lipinski definition) is 4. The first-order valence-electron chi connectivity index (χ1n) is 11.5. The number of alkyl halides is 6. The molecule has 0 atom stereocenters. The smallest absolute Gasteiger partial charge is 0.411 e. The molecule has 206 valence electrons. The molecular formula is C29H24F6O4. The van der Waals surface area contributed by atoms with E-state index in [0.717, 1.165) is 35.4 Å². The molecule has 0 bridgehead atoms. The van der Waals surface area contributed by atoms with Crippen LogP contribution in [-0.2, 0) is 5.41 Å². The second-order valence-corrected chi connectivity index (χ2v) is 8.74. The molecule has 4 rings (SSSR count). The number of hydrogen-bond donors (Lipinski definition) is 4. The Kier molecular flexibility index (Phi) is 8.38. The first kappa shape index (κ1) is 29.2. The fourth-order valence-electron chi connectivity index (χ4n) is 4.12. The van der Waals surface area contributed by atoms with Gasteiger partial charge < -0.3 is 20.4 Å². The van der Waals surface area contributed by atoms with E-state index < -0.39 is 40.4 Å². The van der Waals surface area contributed by atoms with Crippen molar-refractivity contribution in [3.05, 3.63) is 119 Å². The molecule has 0 aliphatic heterocycles. The zero-order valence-corrected chi connectivity index (χ0v) is 20.4. The van der Waals surface area contributed by atoms with Gasteiger partial charge in [-0.2, -0.15) is 26.3 Å². The third-order valence-electron chi connectivity index (χ3n) is 6.24. The fourth-order valence-corrected chi connectivity index (χ4v) is 4.12. The SMILES string of the molecule is CC(c1ccc(O)cc1)c1ccc(O)cc1.Oc1ccc(C(c2ccc(O)cc2)(C(F)(F)F)C(F)(F)F)cc1. The molecule has 0 saturated carbocycles. The monoisotopic (exact) mass is 550 g/mol. The van der Waals surface area contributed by atoms with Crippen molar-refractivity contribution in [2.75, 3.05) is 0 Å². The summed E-state index contributed by atoms with van der Waals surface area (Å²) in [5, 5.41) is 36.7. The van der Waals surface area contributed by atoms with Crippen LogP contribution in [0.4, 0.5) is 26.3 Å². The number of phenolic OH excluding ortho intramolecular Hbond substituents is 4. The van der Waals surface area contributed by atoms with Crippen molar-refractivity contribution in [2.24, 2.45) is 0 Å².